The zero-order chi connectivity index (χ0) is 32.8. The second-order valence-electron chi connectivity index (χ2n) is 13.2. The Balaban J connectivity index is 0.00000433. The van der Waals surface area contributed by atoms with Crippen LogP contribution in [0.4, 0.5) is 20.4 Å². The lowest BCUT2D eigenvalue weighted by atomic mass is 9.80. The Labute approximate surface area is 282 Å². The molecule has 47 heavy (non-hydrogen) atoms. The van der Waals surface area contributed by atoms with Crippen molar-refractivity contribution in [1.29, 1.82) is 0 Å². The molecule has 0 spiro atoms. The van der Waals surface area contributed by atoms with E-state index in [2.05, 4.69) is 43.6 Å². The lowest BCUT2D eigenvalue weighted by Gasteiger charge is -2.46. The van der Waals surface area contributed by atoms with Gasteiger partial charge in [0.15, 0.2) is 5.65 Å². The summed E-state index contributed by atoms with van der Waals surface area (Å²) in [6.07, 6.45) is 1.77. The normalized spacial score (nSPS) is 15.6. The fourth-order valence-electron chi connectivity index (χ4n) is 6.65. The van der Waals surface area contributed by atoms with Gasteiger partial charge in [-0.2, -0.15) is 16.3 Å². The molecule has 1 aliphatic rings. The fraction of sp³-hybridized carbons (Fsp3) is 0.314. The molecule has 1 fully saturated rings. The number of rotatable bonds is 7. The van der Waals surface area contributed by atoms with Gasteiger partial charge in [-0.25, -0.2) is 13.8 Å². The molecule has 3 aromatic heterocycles. The number of carbonyl (C=O) groups is 1. The minimum absolute atomic E-state index is 0. The third-order valence-electron chi connectivity index (χ3n) is 8.16. The number of hydrogen-bond acceptors (Lipinski definition) is 7. The predicted molar refractivity (Wildman–Crippen MR) is 187 cm³/mol. The smallest absolute Gasteiger partial charge is 0.256 e. The van der Waals surface area contributed by atoms with Crippen molar-refractivity contribution in [3.8, 4) is 16.9 Å². The summed E-state index contributed by atoms with van der Waals surface area (Å²) in [5.74, 6) is -1.72. The van der Waals surface area contributed by atoms with E-state index < -0.39 is 22.9 Å². The number of hydrogen-bond donors (Lipinski definition) is 3. The first-order valence-electron chi connectivity index (χ1n) is 15.1. The summed E-state index contributed by atoms with van der Waals surface area (Å²) in [7, 11) is 0. The van der Waals surface area contributed by atoms with Gasteiger partial charge in [-0.15, -0.1) is 12.4 Å². The SMILES string of the molecule is Cc1ccc(NC(=O)Cc2ccsc2)cc1-c1nc(NC2CC(C)(C)NC(C)(C)C2)nc2c1ccc(=O)n2-c1c(F)cccc1F.Cl. The molecular weight excluding hydrogens is 642 g/mol. The molecule has 1 amide bonds. The maximum absolute atomic E-state index is 15.2. The summed E-state index contributed by atoms with van der Waals surface area (Å²) in [5, 5.41) is 14.4. The third kappa shape index (κ3) is 7.37. The quantitative estimate of drug-likeness (QED) is 0.166. The molecule has 5 aromatic rings. The van der Waals surface area contributed by atoms with E-state index in [1.165, 1.54) is 23.5 Å². The molecule has 3 N–H and O–H groups in total. The number of anilines is 2. The summed E-state index contributed by atoms with van der Waals surface area (Å²) in [5.41, 5.74) is 2.03. The first kappa shape index (κ1) is 34.2. The number of pyridine rings is 1. The van der Waals surface area contributed by atoms with Crippen molar-refractivity contribution in [2.75, 3.05) is 10.6 Å². The van der Waals surface area contributed by atoms with Crippen molar-refractivity contribution < 1.29 is 13.6 Å². The average Bonchev–Trinajstić information content (AvgIpc) is 3.46. The maximum atomic E-state index is 15.2. The number of carbonyl (C=O) groups excluding carboxylic acids is 1. The fourth-order valence-corrected chi connectivity index (χ4v) is 7.32. The lowest BCUT2D eigenvalue weighted by molar-refractivity contribution is -0.115. The van der Waals surface area contributed by atoms with E-state index in [1.54, 1.807) is 6.07 Å². The summed E-state index contributed by atoms with van der Waals surface area (Å²) in [4.78, 5) is 35.9. The van der Waals surface area contributed by atoms with Crippen LogP contribution >= 0.6 is 23.7 Å². The zero-order valence-corrected chi connectivity index (χ0v) is 28.4. The molecule has 8 nitrogen and oxygen atoms in total. The van der Waals surface area contributed by atoms with Gasteiger partial charge in [0.2, 0.25) is 11.9 Å². The van der Waals surface area contributed by atoms with Crippen LogP contribution in [0.1, 0.15) is 51.7 Å². The number of halogens is 3. The van der Waals surface area contributed by atoms with Crippen molar-refractivity contribution in [3.05, 3.63) is 98.5 Å². The molecule has 0 aliphatic carbocycles. The molecule has 0 atom stereocenters. The number of aromatic nitrogens is 3. The van der Waals surface area contributed by atoms with Gasteiger partial charge in [0, 0.05) is 39.8 Å². The largest absolute Gasteiger partial charge is 0.351 e. The predicted octanol–water partition coefficient (Wildman–Crippen LogP) is 7.42. The highest BCUT2D eigenvalue weighted by Crippen LogP contribution is 2.34. The molecule has 0 bridgehead atoms. The highest BCUT2D eigenvalue weighted by atomic mass is 35.5. The van der Waals surface area contributed by atoms with E-state index in [0.717, 1.165) is 40.7 Å². The van der Waals surface area contributed by atoms with Crippen LogP contribution in [-0.4, -0.2) is 37.6 Å². The van der Waals surface area contributed by atoms with Crippen LogP contribution in [0, 0.1) is 18.6 Å². The Kier molecular flexibility index (Phi) is 9.54. The zero-order valence-electron chi connectivity index (χ0n) is 26.8. The summed E-state index contributed by atoms with van der Waals surface area (Å²) in [6, 6.07) is 13.7. The number of nitrogens with one attached hydrogen (secondary N) is 3. The van der Waals surface area contributed by atoms with Crippen LogP contribution in [0.25, 0.3) is 28.0 Å². The molecule has 0 radical (unpaired) electrons. The lowest BCUT2D eigenvalue weighted by Crippen LogP contribution is -2.60. The number of amides is 1. The Hall–Kier alpha value is -4.19. The van der Waals surface area contributed by atoms with Gasteiger partial charge in [0.1, 0.15) is 17.3 Å². The first-order valence-corrected chi connectivity index (χ1v) is 16.1. The molecular formula is C35H37ClF2N6O2S. The van der Waals surface area contributed by atoms with E-state index in [4.69, 9.17) is 9.97 Å². The Morgan fingerprint density at radius 1 is 1.02 bits per heavy atom. The molecule has 12 heteroatoms. The van der Waals surface area contributed by atoms with Crippen molar-refractivity contribution in [2.24, 2.45) is 0 Å². The van der Waals surface area contributed by atoms with Gasteiger partial charge < -0.3 is 16.0 Å². The number of benzene rings is 2. The van der Waals surface area contributed by atoms with E-state index in [0.29, 0.717) is 22.3 Å². The highest BCUT2D eigenvalue weighted by Gasteiger charge is 2.38. The molecule has 0 saturated carbocycles. The average molecular weight is 679 g/mol. The van der Waals surface area contributed by atoms with E-state index in [1.807, 2.05) is 41.9 Å². The molecule has 4 heterocycles. The molecule has 0 unspecified atom stereocenters. The standard InChI is InChI=1S/C35H36F2N6O2S.ClH/c1-20-9-10-22(38-28(44)15-21-13-14-46-19-21)16-25(20)30-24-11-12-29(45)43(31-26(36)7-6-8-27(31)37)32(24)41-33(40-30)39-23-17-34(2,3)42-35(4,5)18-23;/h6-14,16,19,23,42H,15,17-18H2,1-5H3,(H,38,44)(H,39,40,41);1H. The maximum Gasteiger partial charge on any atom is 0.256 e. The van der Waals surface area contributed by atoms with E-state index in [9.17, 15) is 9.59 Å². The van der Waals surface area contributed by atoms with Gasteiger partial charge in [0.05, 0.1) is 12.1 Å². The van der Waals surface area contributed by atoms with Crippen LogP contribution in [0.5, 0.6) is 0 Å². The van der Waals surface area contributed by atoms with Crippen molar-refractivity contribution >= 4 is 52.3 Å². The first-order chi connectivity index (χ1) is 21.8. The van der Waals surface area contributed by atoms with Crippen LogP contribution in [-0.2, 0) is 11.2 Å². The number of fused-ring (bicyclic) bond motifs is 1. The number of para-hydroxylation sites is 1. The second kappa shape index (κ2) is 13.1. The number of piperidine rings is 1. The van der Waals surface area contributed by atoms with Crippen molar-refractivity contribution in [2.45, 2.75) is 71.0 Å². The minimum atomic E-state index is -0.891. The van der Waals surface area contributed by atoms with Gasteiger partial charge in [-0.3, -0.25) is 14.2 Å². The molecule has 6 rings (SSSR count). The summed E-state index contributed by atoms with van der Waals surface area (Å²) < 4.78 is 31.3. The van der Waals surface area contributed by atoms with Gasteiger partial charge in [-0.1, -0.05) is 12.1 Å². The van der Waals surface area contributed by atoms with Crippen LogP contribution in [0.15, 0.2) is 70.2 Å². The molecule has 1 saturated heterocycles. The van der Waals surface area contributed by atoms with E-state index in [-0.39, 0.29) is 53.5 Å². The monoisotopic (exact) mass is 678 g/mol. The van der Waals surface area contributed by atoms with Crippen molar-refractivity contribution in [1.82, 2.24) is 19.9 Å². The molecule has 1 aliphatic heterocycles. The summed E-state index contributed by atoms with van der Waals surface area (Å²) >= 11 is 1.53. The summed E-state index contributed by atoms with van der Waals surface area (Å²) in [6.45, 7) is 10.5. The number of aryl methyl sites for hydroxylation is 1. The topological polar surface area (TPSA) is 101 Å². The molecule has 246 valence electrons. The number of nitrogens with zero attached hydrogens (tertiary/aromatic N) is 3. The van der Waals surface area contributed by atoms with Crippen LogP contribution < -0.4 is 21.5 Å². The minimum Gasteiger partial charge on any atom is -0.351 e. The second-order valence-corrected chi connectivity index (χ2v) is 14.0. The Morgan fingerprint density at radius 2 is 1.72 bits per heavy atom. The van der Waals surface area contributed by atoms with Gasteiger partial charge in [-0.05, 0) is 106 Å². The van der Waals surface area contributed by atoms with Crippen LogP contribution in [0.3, 0.4) is 0 Å². The van der Waals surface area contributed by atoms with Gasteiger partial charge >= 0.3 is 0 Å². The highest BCUT2D eigenvalue weighted by molar-refractivity contribution is 7.08. The molecule has 2 aromatic carbocycles. The van der Waals surface area contributed by atoms with Gasteiger partial charge in [0.25, 0.3) is 5.56 Å². The Bertz CT molecular complexity index is 1980. The Morgan fingerprint density at radius 3 is 2.38 bits per heavy atom. The number of thiophene rings is 1. The van der Waals surface area contributed by atoms with Crippen molar-refractivity contribution in [3.63, 3.8) is 0 Å². The van der Waals surface area contributed by atoms with Crippen LogP contribution in [0.2, 0.25) is 0 Å². The third-order valence-corrected chi connectivity index (χ3v) is 8.89. The van der Waals surface area contributed by atoms with E-state index >= 15 is 8.78 Å².